The van der Waals surface area contributed by atoms with Gasteiger partial charge < -0.3 is 9.84 Å². The molecule has 0 aromatic carbocycles. The fourth-order valence-corrected chi connectivity index (χ4v) is 3.11. The third-order valence-corrected chi connectivity index (χ3v) is 3.95. The highest BCUT2D eigenvalue weighted by molar-refractivity contribution is 9.11. The van der Waals surface area contributed by atoms with Gasteiger partial charge in [0.2, 0.25) is 0 Å². The summed E-state index contributed by atoms with van der Waals surface area (Å²) >= 11 is 5.16. The molecular weight excluding hydrogens is 252 g/mol. The molecule has 1 fully saturated rings. The first-order chi connectivity index (χ1) is 6.24. The standard InChI is InChI=1S/C9H11BrO2S/c10-8-2-1-7(13-8)3-9(4-11)5-12-6-9/h1-2,11H,3-6H2. The molecule has 1 saturated heterocycles. The second kappa shape index (κ2) is 3.69. The van der Waals surface area contributed by atoms with Crippen LogP contribution in [0.1, 0.15) is 4.88 Å². The van der Waals surface area contributed by atoms with Gasteiger partial charge >= 0.3 is 0 Å². The number of aliphatic hydroxyl groups is 1. The van der Waals surface area contributed by atoms with Crippen molar-refractivity contribution in [3.05, 3.63) is 20.8 Å². The summed E-state index contributed by atoms with van der Waals surface area (Å²) in [6.45, 7) is 1.61. The van der Waals surface area contributed by atoms with Gasteiger partial charge in [-0.25, -0.2) is 0 Å². The van der Waals surface area contributed by atoms with Gasteiger partial charge in [-0.15, -0.1) is 11.3 Å². The molecule has 13 heavy (non-hydrogen) atoms. The molecule has 1 aliphatic heterocycles. The molecule has 0 saturated carbocycles. The molecule has 4 heteroatoms. The van der Waals surface area contributed by atoms with Gasteiger partial charge in [0, 0.05) is 10.3 Å². The summed E-state index contributed by atoms with van der Waals surface area (Å²) in [5.74, 6) is 0. The van der Waals surface area contributed by atoms with Crippen molar-refractivity contribution in [3.63, 3.8) is 0 Å². The van der Waals surface area contributed by atoms with E-state index in [0.717, 1.165) is 10.2 Å². The van der Waals surface area contributed by atoms with Crippen molar-refractivity contribution in [2.24, 2.45) is 5.41 Å². The van der Waals surface area contributed by atoms with E-state index in [0.29, 0.717) is 13.2 Å². The number of aliphatic hydroxyl groups excluding tert-OH is 1. The maximum atomic E-state index is 9.22. The van der Waals surface area contributed by atoms with Crippen molar-refractivity contribution < 1.29 is 9.84 Å². The number of hydrogen-bond acceptors (Lipinski definition) is 3. The lowest BCUT2D eigenvalue weighted by atomic mass is 9.83. The summed E-state index contributed by atoms with van der Waals surface area (Å²) in [6.07, 6.45) is 0.930. The van der Waals surface area contributed by atoms with Crippen molar-refractivity contribution >= 4 is 27.3 Å². The maximum Gasteiger partial charge on any atom is 0.0701 e. The molecule has 1 aliphatic rings. The highest BCUT2D eigenvalue weighted by Crippen LogP contribution is 2.34. The van der Waals surface area contributed by atoms with Gasteiger partial charge in [0.1, 0.15) is 0 Å². The van der Waals surface area contributed by atoms with E-state index in [1.807, 2.05) is 6.07 Å². The predicted molar refractivity (Wildman–Crippen MR) is 56.1 cm³/mol. The first-order valence-corrected chi connectivity index (χ1v) is 5.78. The quantitative estimate of drug-likeness (QED) is 0.904. The Morgan fingerprint density at radius 3 is 2.69 bits per heavy atom. The Morgan fingerprint density at radius 1 is 1.54 bits per heavy atom. The van der Waals surface area contributed by atoms with Gasteiger partial charge in [-0.05, 0) is 34.5 Å². The molecule has 0 spiro atoms. The van der Waals surface area contributed by atoms with Gasteiger partial charge in [0.15, 0.2) is 0 Å². The van der Waals surface area contributed by atoms with Crippen LogP contribution in [0.2, 0.25) is 0 Å². The molecule has 0 unspecified atom stereocenters. The first-order valence-electron chi connectivity index (χ1n) is 4.17. The van der Waals surface area contributed by atoms with Crippen molar-refractivity contribution in [2.45, 2.75) is 6.42 Å². The van der Waals surface area contributed by atoms with Gasteiger partial charge in [-0.2, -0.15) is 0 Å². The Bertz CT molecular complexity index is 288. The smallest absolute Gasteiger partial charge is 0.0701 e. The molecule has 2 heterocycles. The van der Waals surface area contributed by atoms with Gasteiger partial charge in [-0.1, -0.05) is 0 Å². The second-order valence-corrected chi connectivity index (χ2v) is 6.08. The normalized spacial score (nSPS) is 19.8. The maximum absolute atomic E-state index is 9.22. The molecule has 0 atom stereocenters. The minimum atomic E-state index is 0.00426. The summed E-state index contributed by atoms with van der Waals surface area (Å²) < 4.78 is 6.29. The molecule has 2 rings (SSSR count). The summed E-state index contributed by atoms with van der Waals surface area (Å²) in [4.78, 5) is 1.31. The molecule has 0 radical (unpaired) electrons. The van der Waals surface area contributed by atoms with Crippen LogP contribution in [0, 0.1) is 5.41 Å². The van der Waals surface area contributed by atoms with Crippen molar-refractivity contribution in [1.82, 2.24) is 0 Å². The van der Waals surface area contributed by atoms with Gasteiger partial charge in [0.25, 0.3) is 0 Å². The Hall–Kier alpha value is 0.1000. The Balaban J connectivity index is 2.04. The van der Waals surface area contributed by atoms with Crippen LogP contribution in [0.25, 0.3) is 0 Å². The van der Waals surface area contributed by atoms with Crippen LogP contribution in [0.3, 0.4) is 0 Å². The van der Waals surface area contributed by atoms with Crippen LogP contribution in [-0.4, -0.2) is 24.9 Å². The van der Waals surface area contributed by atoms with E-state index in [9.17, 15) is 5.11 Å². The third kappa shape index (κ3) is 1.96. The highest BCUT2D eigenvalue weighted by Gasteiger charge is 2.38. The van der Waals surface area contributed by atoms with E-state index in [4.69, 9.17) is 4.74 Å². The molecule has 1 aromatic rings. The molecule has 0 aliphatic carbocycles. The molecule has 2 nitrogen and oxygen atoms in total. The zero-order valence-electron chi connectivity index (χ0n) is 7.12. The Kier molecular flexibility index (Phi) is 2.74. The fourth-order valence-electron chi connectivity index (χ4n) is 1.46. The van der Waals surface area contributed by atoms with Gasteiger partial charge in [-0.3, -0.25) is 0 Å². The van der Waals surface area contributed by atoms with Crippen LogP contribution < -0.4 is 0 Å². The largest absolute Gasteiger partial charge is 0.396 e. The topological polar surface area (TPSA) is 29.5 Å². The van der Waals surface area contributed by atoms with E-state index < -0.39 is 0 Å². The van der Waals surface area contributed by atoms with E-state index in [-0.39, 0.29) is 12.0 Å². The number of thiophene rings is 1. The SMILES string of the molecule is OCC1(Cc2ccc(Br)s2)COC1. The molecule has 72 valence electrons. The fraction of sp³-hybridized carbons (Fsp3) is 0.556. The van der Waals surface area contributed by atoms with E-state index >= 15 is 0 Å². The zero-order chi connectivity index (χ0) is 9.31. The van der Waals surface area contributed by atoms with Crippen molar-refractivity contribution in [3.8, 4) is 0 Å². The molecule has 1 aromatic heterocycles. The second-order valence-electron chi connectivity index (χ2n) is 3.53. The van der Waals surface area contributed by atoms with Crippen LogP contribution in [0.5, 0.6) is 0 Å². The number of halogens is 1. The Labute approximate surface area is 89.7 Å². The van der Waals surface area contributed by atoms with Crippen LogP contribution in [0.15, 0.2) is 15.9 Å². The van der Waals surface area contributed by atoms with Crippen molar-refractivity contribution in [2.75, 3.05) is 19.8 Å². The number of ether oxygens (including phenoxy) is 1. The molecule has 0 bridgehead atoms. The minimum absolute atomic E-state index is 0.00426. The average Bonchev–Trinajstić information content (AvgIpc) is 2.44. The van der Waals surface area contributed by atoms with Crippen molar-refractivity contribution in [1.29, 1.82) is 0 Å². The summed E-state index contributed by atoms with van der Waals surface area (Å²) in [6, 6.07) is 4.15. The number of rotatable bonds is 3. The highest BCUT2D eigenvalue weighted by atomic mass is 79.9. The number of hydrogen-bond donors (Lipinski definition) is 1. The molecular formula is C9H11BrO2S. The van der Waals surface area contributed by atoms with Gasteiger partial charge in [0.05, 0.1) is 23.6 Å². The molecule has 0 amide bonds. The van der Waals surface area contributed by atoms with E-state index in [1.54, 1.807) is 11.3 Å². The Morgan fingerprint density at radius 2 is 2.31 bits per heavy atom. The lowest BCUT2D eigenvalue weighted by molar-refractivity contribution is -0.135. The third-order valence-electron chi connectivity index (χ3n) is 2.33. The lowest BCUT2D eigenvalue weighted by Crippen LogP contribution is -2.47. The predicted octanol–water partition coefficient (Wildman–Crippen LogP) is 2.06. The van der Waals surface area contributed by atoms with Crippen LogP contribution >= 0.6 is 27.3 Å². The molecule has 1 N–H and O–H groups in total. The van der Waals surface area contributed by atoms with Crippen LogP contribution in [-0.2, 0) is 11.2 Å². The summed E-state index contributed by atoms with van der Waals surface area (Å²) in [5.41, 5.74) is 0.00426. The average molecular weight is 263 g/mol. The summed E-state index contributed by atoms with van der Waals surface area (Å²) in [5, 5.41) is 9.22. The minimum Gasteiger partial charge on any atom is -0.396 e. The van der Waals surface area contributed by atoms with E-state index in [2.05, 4.69) is 22.0 Å². The monoisotopic (exact) mass is 262 g/mol. The zero-order valence-corrected chi connectivity index (χ0v) is 9.53. The van der Waals surface area contributed by atoms with E-state index in [1.165, 1.54) is 4.88 Å². The first kappa shape index (κ1) is 9.65. The summed E-state index contributed by atoms with van der Waals surface area (Å²) in [7, 11) is 0. The lowest BCUT2D eigenvalue weighted by Gasteiger charge is -2.39. The van der Waals surface area contributed by atoms with Crippen LogP contribution in [0.4, 0.5) is 0 Å².